The summed E-state index contributed by atoms with van der Waals surface area (Å²) in [6.45, 7) is 2.49. The fraction of sp³-hybridized carbons (Fsp3) is 0.462. The van der Waals surface area contributed by atoms with E-state index in [0.717, 1.165) is 13.1 Å². The molecule has 1 unspecified atom stereocenters. The molecule has 1 aromatic rings. The number of nitrogens with zero attached hydrogens (tertiary/aromatic N) is 1. The summed E-state index contributed by atoms with van der Waals surface area (Å²) in [5.41, 5.74) is 2.71. The molecule has 1 aromatic carbocycles. The standard InChI is InChI=1S/C13H18N2O2/c1-14-12(13(16)17-2)9-15-7-10-5-3-4-6-11(10)8-15/h3-6,12,14H,7-9H2,1-2H3. The number of likely N-dealkylation sites (N-methyl/N-ethyl adjacent to an activating group) is 1. The molecule has 2 rings (SSSR count). The Bertz CT molecular complexity index is 381. The third kappa shape index (κ3) is 2.65. The first-order chi connectivity index (χ1) is 8.24. The number of hydrogen-bond acceptors (Lipinski definition) is 4. The van der Waals surface area contributed by atoms with Gasteiger partial charge in [-0.15, -0.1) is 0 Å². The fourth-order valence-electron chi connectivity index (χ4n) is 2.22. The minimum absolute atomic E-state index is 0.205. The summed E-state index contributed by atoms with van der Waals surface area (Å²) >= 11 is 0. The summed E-state index contributed by atoms with van der Waals surface area (Å²) in [7, 11) is 3.20. The molecule has 1 atom stereocenters. The number of carbonyl (C=O) groups is 1. The highest BCUT2D eigenvalue weighted by Gasteiger charge is 2.24. The number of carbonyl (C=O) groups excluding carboxylic acids is 1. The molecule has 0 bridgehead atoms. The van der Waals surface area contributed by atoms with Gasteiger partial charge in [0.15, 0.2) is 0 Å². The van der Waals surface area contributed by atoms with E-state index in [2.05, 4.69) is 34.5 Å². The van der Waals surface area contributed by atoms with Gasteiger partial charge in [0.05, 0.1) is 7.11 Å². The second kappa shape index (κ2) is 5.29. The van der Waals surface area contributed by atoms with E-state index in [1.807, 2.05) is 0 Å². The Morgan fingerprint density at radius 3 is 2.47 bits per heavy atom. The molecule has 92 valence electrons. The van der Waals surface area contributed by atoms with E-state index in [1.165, 1.54) is 18.2 Å². The third-order valence-corrected chi connectivity index (χ3v) is 3.18. The molecule has 0 saturated heterocycles. The zero-order valence-corrected chi connectivity index (χ0v) is 10.3. The summed E-state index contributed by atoms with van der Waals surface area (Å²) in [4.78, 5) is 13.7. The third-order valence-electron chi connectivity index (χ3n) is 3.18. The van der Waals surface area contributed by atoms with Crippen LogP contribution in [0.25, 0.3) is 0 Å². The average molecular weight is 234 g/mol. The van der Waals surface area contributed by atoms with Crippen LogP contribution in [0.5, 0.6) is 0 Å². The second-order valence-electron chi connectivity index (χ2n) is 4.30. The molecule has 0 spiro atoms. The van der Waals surface area contributed by atoms with Crippen molar-refractivity contribution in [2.45, 2.75) is 19.1 Å². The molecule has 0 aliphatic carbocycles. The molecule has 17 heavy (non-hydrogen) atoms. The Hall–Kier alpha value is -1.39. The maximum Gasteiger partial charge on any atom is 0.324 e. The lowest BCUT2D eigenvalue weighted by Crippen LogP contribution is -2.43. The van der Waals surface area contributed by atoms with Crippen molar-refractivity contribution in [1.29, 1.82) is 0 Å². The van der Waals surface area contributed by atoms with Crippen molar-refractivity contribution in [2.24, 2.45) is 0 Å². The van der Waals surface area contributed by atoms with Gasteiger partial charge in [-0.25, -0.2) is 0 Å². The monoisotopic (exact) mass is 234 g/mol. The molecule has 1 heterocycles. The van der Waals surface area contributed by atoms with Crippen LogP contribution in [0.2, 0.25) is 0 Å². The van der Waals surface area contributed by atoms with Crippen molar-refractivity contribution in [3.63, 3.8) is 0 Å². The van der Waals surface area contributed by atoms with Gasteiger partial charge in [0, 0.05) is 19.6 Å². The molecule has 0 saturated carbocycles. The van der Waals surface area contributed by atoms with Crippen LogP contribution in [0.15, 0.2) is 24.3 Å². The zero-order chi connectivity index (χ0) is 12.3. The Balaban J connectivity index is 1.97. The van der Waals surface area contributed by atoms with Gasteiger partial charge >= 0.3 is 5.97 Å². The number of ether oxygens (including phenoxy) is 1. The molecule has 0 amide bonds. The van der Waals surface area contributed by atoms with Crippen LogP contribution < -0.4 is 5.32 Å². The lowest BCUT2D eigenvalue weighted by molar-refractivity contribution is -0.143. The fourth-order valence-corrected chi connectivity index (χ4v) is 2.22. The van der Waals surface area contributed by atoms with Gasteiger partial charge in [-0.1, -0.05) is 24.3 Å². The number of fused-ring (bicyclic) bond motifs is 1. The number of rotatable bonds is 4. The lowest BCUT2D eigenvalue weighted by atomic mass is 10.1. The molecule has 0 aromatic heterocycles. The first-order valence-corrected chi connectivity index (χ1v) is 5.79. The van der Waals surface area contributed by atoms with Crippen molar-refractivity contribution in [1.82, 2.24) is 10.2 Å². The molecular weight excluding hydrogens is 216 g/mol. The topological polar surface area (TPSA) is 41.6 Å². The molecule has 1 N–H and O–H groups in total. The molecule has 4 heteroatoms. The van der Waals surface area contributed by atoms with Gasteiger partial charge in [0.1, 0.15) is 6.04 Å². The molecule has 0 radical (unpaired) electrons. The van der Waals surface area contributed by atoms with Gasteiger partial charge in [0.25, 0.3) is 0 Å². The predicted octanol–water partition coefficient (Wildman–Crippen LogP) is 0.763. The number of methoxy groups -OCH3 is 1. The van der Waals surface area contributed by atoms with Gasteiger partial charge in [-0.2, -0.15) is 0 Å². The summed E-state index contributed by atoms with van der Waals surface area (Å²) in [6.07, 6.45) is 0. The van der Waals surface area contributed by atoms with Crippen molar-refractivity contribution < 1.29 is 9.53 Å². The largest absolute Gasteiger partial charge is 0.468 e. The highest BCUT2D eigenvalue weighted by molar-refractivity contribution is 5.75. The van der Waals surface area contributed by atoms with Crippen molar-refractivity contribution in [2.75, 3.05) is 20.7 Å². The van der Waals surface area contributed by atoms with E-state index < -0.39 is 0 Å². The number of benzene rings is 1. The summed E-state index contributed by atoms with van der Waals surface area (Å²) in [5.74, 6) is -0.205. The molecule has 1 aliphatic heterocycles. The number of hydrogen-bond donors (Lipinski definition) is 1. The Kier molecular flexibility index (Phi) is 3.76. The van der Waals surface area contributed by atoms with Gasteiger partial charge < -0.3 is 10.1 Å². The molecule has 1 aliphatic rings. The maximum atomic E-state index is 11.5. The van der Waals surface area contributed by atoms with Crippen LogP contribution in [0.3, 0.4) is 0 Å². The Labute approximate surface area is 102 Å². The van der Waals surface area contributed by atoms with Crippen LogP contribution in [0, 0.1) is 0 Å². The number of esters is 1. The maximum absolute atomic E-state index is 11.5. The average Bonchev–Trinajstić information content (AvgIpc) is 2.77. The van der Waals surface area contributed by atoms with Crippen LogP contribution in [0.4, 0.5) is 0 Å². The first-order valence-electron chi connectivity index (χ1n) is 5.79. The van der Waals surface area contributed by atoms with E-state index in [-0.39, 0.29) is 12.0 Å². The molecular formula is C13H18N2O2. The lowest BCUT2D eigenvalue weighted by Gasteiger charge is -2.21. The van der Waals surface area contributed by atoms with Gasteiger partial charge in [-0.05, 0) is 18.2 Å². The Morgan fingerprint density at radius 2 is 2.00 bits per heavy atom. The van der Waals surface area contributed by atoms with Crippen molar-refractivity contribution >= 4 is 5.97 Å². The Morgan fingerprint density at radius 1 is 1.41 bits per heavy atom. The normalized spacial score (nSPS) is 16.6. The van der Waals surface area contributed by atoms with Crippen LogP contribution in [-0.2, 0) is 22.6 Å². The van der Waals surface area contributed by atoms with E-state index in [1.54, 1.807) is 7.05 Å². The van der Waals surface area contributed by atoms with E-state index in [0.29, 0.717) is 6.54 Å². The molecule has 0 fully saturated rings. The second-order valence-corrected chi connectivity index (χ2v) is 4.30. The van der Waals surface area contributed by atoms with Crippen LogP contribution in [0.1, 0.15) is 11.1 Å². The highest BCUT2D eigenvalue weighted by atomic mass is 16.5. The van der Waals surface area contributed by atoms with E-state index in [4.69, 9.17) is 4.74 Å². The molecule has 4 nitrogen and oxygen atoms in total. The van der Waals surface area contributed by atoms with Gasteiger partial charge in [-0.3, -0.25) is 9.69 Å². The van der Waals surface area contributed by atoms with Crippen LogP contribution in [-0.4, -0.2) is 37.6 Å². The summed E-state index contributed by atoms with van der Waals surface area (Å²) in [5, 5.41) is 2.99. The van der Waals surface area contributed by atoms with Crippen molar-refractivity contribution in [3.05, 3.63) is 35.4 Å². The minimum atomic E-state index is -0.255. The SMILES string of the molecule is CNC(CN1Cc2ccccc2C1)C(=O)OC. The number of nitrogens with one attached hydrogen (secondary N) is 1. The highest BCUT2D eigenvalue weighted by Crippen LogP contribution is 2.22. The van der Waals surface area contributed by atoms with E-state index in [9.17, 15) is 4.79 Å². The van der Waals surface area contributed by atoms with E-state index >= 15 is 0 Å². The quantitative estimate of drug-likeness (QED) is 0.781. The smallest absolute Gasteiger partial charge is 0.324 e. The summed E-state index contributed by atoms with van der Waals surface area (Å²) in [6, 6.07) is 8.13. The zero-order valence-electron chi connectivity index (χ0n) is 10.3. The van der Waals surface area contributed by atoms with Crippen molar-refractivity contribution in [3.8, 4) is 0 Å². The predicted molar refractivity (Wildman–Crippen MR) is 65.4 cm³/mol. The first kappa shape index (κ1) is 12.1. The minimum Gasteiger partial charge on any atom is -0.468 e. The van der Waals surface area contributed by atoms with Gasteiger partial charge in [0.2, 0.25) is 0 Å². The van der Waals surface area contributed by atoms with Crippen LogP contribution >= 0.6 is 0 Å². The summed E-state index contributed by atoms with van der Waals surface area (Å²) < 4.78 is 4.76.